The van der Waals surface area contributed by atoms with Crippen molar-refractivity contribution in [3.63, 3.8) is 0 Å². The van der Waals surface area contributed by atoms with Gasteiger partial charge >= 0.3 is 6.18 Å². The molecule has 0 saturated heterocycles. The van der Waals surface area contributed by atoms with E-state index in [1.165, 1.54) is 29.7 Å². The summed E-state index contributed by atoms with van der Waals surface area (Å²) >= 11 is 1.42. The summed E-state index contributed by atoms with van der Waals surface area (Å²) in [5.41, 5.74) is 1.25. The van der Waals surface area contributed by atoms with E-state index < -0.39 is 30.0 Å². The highest BCUT2D eigenvalue weighted by atomic mass is 32.1. The number of rotatable bonds is 5. The fourth-order valence-electron chi connectivity index (χ4n) is 1.70. The van der Waals surface area contributed by atoms with Gasteiger partial charge in [-0.05, 0) is 29.6 Å². The summed E-state index contributed by atoms with van der Waals surface area (Å²) < 4.78 is 37.7. The monoisotopic (exact) mass is 355 g/mol. The van der Waals surface area contributed by atoms with Crippen LogP contribution in [0.25, 0.3) is 0 Å². The van der Waals surface area contributed by atoms with Crippen LogP contribution in [-0.4, -0.2) is 18.0 Å². The minimum atomic E-state index is -4.51. The van der Waals surface area contributed by atoms with E-state index >= 15 is 0 Å². The Hall–Kier alpha value is -2.68. The van der Waals surface area contributed by atoms with Crippen LogP contribution in [0.15, 0.2) is 46.9 Å². The number of carbonyl (C=O) groups is 2. The lowest BCUT2D eigenvalue weighted by Crippen LogP contribution is -2.24. The minimum absolute atomic E-state index is 0.0373. The van der Waals surface area contributed by atoms with E-state index in [1.807, 2.05) is 11.4 Å². The first-order valence-corrected chi connectivity index (χ1v) is 7.55. The number of thiophene rings is 1. The molecule has 0 aliphatic heterocycles. The van der Waals surface area contributed by atoms with Gasteiger partial charge in [0.15, 0.2) is 0 Å². The van der Waals surface area contributed by atoms with Gasteiger partial charge in [-0.3, -0.25) is 9.59 Å². The van der Waals surface area contributed by atoms with Crippen LogP contribution in [0.2, 0.25) is 0 Å². The molecule has 0 unspecified atom stereocenters. The van der Waals surface area contributed by atoms with Crippen molar-refractivity contribution in [2.24, 2.45) is 5.10 Å². The molecule has 24 heavy (non-hydrogen) atoms. The Bertz CT molecular complexity index is 743. The van der Waals surface area contributed by atoms with Gasteiger partial charge in [-0.2, -0.15) is 18.3 Å². The number of amides is 2. The highest BCUT2D eigenvalue weighted by Gasteiger charge is 2.30. The smallest absolute Gasteiger partial charge is 0.326 e. The van der Waals surface area contributed by atoms with E-state index in [9.17, 15) is 22.8 Å². The van der Waals surface area contributed by atoms with Gasteiger partial charge in [0, 0.05) is 10.6 Å². The summed E-state index contributed by atoms with van der Waals surface area (Å²) in [4.78, 5) is 24.0. The first-order chi connectivity index (χ1) is 11.3. The Balaban J connectivity index is 1.85. The van der Waals surface area contributed by atoms with Crippen molar-refractivity contribution >= 4 is 35.1 Å². The highest BCUT2D eigenvalue weighted by molar-refractivity contribution is 7.11. The number of hydrogen-bond acceptors (Lipinski definition) is 4. The fraction of sp³-hybridized carbons (Fsp3) is 0.133. The molecule has 0 saturated carbocycles. The fourth-order valence-corrected chi connectivity index (χ4v) is 2.28. The van der Waals surface area contributed by atoms with Crippen molar-refractivity contribution in [3.05, 3.63) is 52.2 Å². The second-order valence-electron chi connectivity index (χ2n) is 4.61. The Morgan fingerprint density at radius 2 is 1.96 bits per heavy atom. The van der Waals surface area contributed by atoms with Crippen molar-refractivity contribution in [1.82, 2.24) is 5.43 Å². The van der Waals surface area contributed by atoms with Gasteiger partial charge in [0.25, 0.3) is 0 Å². The number of alkyl halides is 3. The highest BCUT2D eigenvalue weighted by Crippen LogP contribution is 2.30. The van der Waals surface area contributed by atoms with Gasteiger partial charge in [-0.1, -0.05) is 12.1 Å². The summed E-state index contributed by atoms with van der Waals surface area (Å²) in [6.07, 6.45) is -3.64. The molecular weight excluding hydrogens is 343 g/mol. The number of hydrogen-bond donors (Lipinski definition) is 2. The molecular formula is C15H12F3N3O2S. The number of nitrogens with one attached hydrogen (secondary N) is 2. The molecule has 9 heteroatoms. The number of hydrazone groups is 1. The molecule has 0 atom stereocenters. The lowest BCUT2D eigenvalue weighted by molar-refractivity contribution is -0.137. The predicted octanol–water partition coefficient (Wildman–Crippen LogP) is 3.25. The first kappa shape index (κ1) is 17.7. The van der Waals surface area contributed by atoms with Gasteiger partial charge in [-0.25, -0.2) is 5.43 Å². The number of nitrogens with zero attached hydrogens (tertiary/aromatic N) is 1. The van der Waals surface area contributed by atoms with Crippen molar-refractivity contribution in [3.8, 4) is 0 Å². The molecule has 2 N–H and O–H groups in total. The topological polar surface area (TPSA) is 70.6 Å². The van der Waals surface area contributed by atoms with E-state index in [4.69, 9.17) is 0 Å². The molecule has 0 spiro atoms. The van der Waals surface area contributed by atoms with Crippen LogP contribution >= 0.6 is 11.3 Å². The van der Waals surface area contributed by atoms with Gasteiger partial charge in [0.1, 0.15) is 6.42 Å². The van der Waals surface area contributed by atoms with Crippen LogP contribution in [0.4, 0.5) is 18.9 Å². The maximum absolute atomic E-state index is 12.6. The zero-order chi connectivity index (χ0) is 17.6. The molecule has 0 radical (unpaired) electrons. The van der Waals surface area contributed by atoms with E-state index in [-0.39, 0.29) is 5.69 Å². The maximum atomic E-state index is 12.6. The Labute approximate surface area is 139 Å². The maximum Gasteiger partial charge on any atom is 0.416 e. The number of halogens is 3. The molecule has 1 heterocycles. The normalized spacial score (nSPS) is 11.5. The molecule has 126 valence electrons. The standard InChI is InChI=1S/C15H12F3N3O2S/c16-15(17,18)10-3-1-4-11(7-10)20-13(22)8-14(23)21-19-9-12-5-2-6-24-12/h1-7,9H,8H2,(H,20,22)(H,21,23)/b19-9+. The van der Waals surface area contributed by atoms with Crippen LogP contribution in [0, 0.1) is 0 Å². The zero-order valence-electron chi connectivity index (χ0n) is 12.1. The quantitative estimate of drug-likeness (QED) is 0.491. The van der Waals surface area contributed by atoms with Gasteiger partial charge < -0.3 is 5.32 Å². The molecule has 2 aromatic rings. The van der Waals surface area contributed by atoms with E-state index in [2.05, 4.69) is 15.8 Å². The van der Waals surface area contributed by atoms with Crippen molar-refractivity contribution in [2.75, 3.05) is 5.32 Å². The summed E-state index contributed by atoms with van der Waals surface area (Å²) in [5.74, 6) is -1.41. The van der Waals surface area contributed by atoms with Gasteiger partial charge in [0.05, 0.1) is 11.8 Å². The van der Waals surface area contributed by atoms with E-state index in [0.717, 1.165) is 17.0 Å². The van der Waals surface area contributed by atoms with Crippen LogP contribution in [-0.2, 0) is 15.8 Å². The molecule has 0 aliphatic carbocycles. The average Bonchev–Trinajstić information content (AvgIpc) is 2.99. The first-order valence-electron chi connectivity index (χ1n) is 6.67. The summed E-state index contributed by atoms with van der Waals surface area (Å²) in [6.45, 7) is 0. The third-order valence-electron chi connectivity index (χ3n) is 2.72. The van der Waals surface area contributed by atoms with Crippen molar-refractivity contribution in [2.45, 2.75) is 12.6 Å². The zero-order valence-corrected chi connectivity index (χ0v) is 12.9. The van der Waals surface area contributed by atoms with Crippen LogP contribution in [0.1, 0.15) is 16.9 Å². The predicted molar refractivity (Wildman–Crippen MR) is 84.7 cm³/mol. The Morgan fingerprint density at radius 3 is 2.62 bits per heavy atom. The van der Waals surface area contributed by atoms with E-state index in [1.54, 1.807) is 6.07 Å². The number of benzene rings is 1. The number of carbonyl (C=O) groups excluding carboxylic acids is 2. The third-order valence-corrected chi connectivity index (χ3v) is 3.53. The average molecular weight is 355 g/mol. The molecule has 2 amide bonds. The van der Waals surface area contributed by atoms with Crippen molar-refractivity contribution < 1.29 is 22.8 Å². The molecule has 0 fully saturated rings. The molecule has 0 aliphatic rings. The minimum Gasteiger partial charge on any atom is -0.326 e. The number of anilines is 1. The Morgan fingerprint density at radius 1 is 1.17 bits per heavy atom. The van der Waals surface area contributed by atoms with Crippen LogP contribution in [0.5, 0.6) is 0 Å². The van der Waals surface area contributed by atoms with E-state index in [0.29, 0.717) is 0 Å². The molecule has 0 bridgehead atoms. The molecule has 5 nitrogen and oxygen atoms in total. The lowest BCUT2D eigenvalue weighted by atomic mass is 10.2. The van der Waals surface area contributed by atoms with Gasteiger partial charge in [0.2, 0.25) is 11.8 Å². The Kier molecular flexibility index (Phi) is 5.69. The molecule has 1 aromatic carbocycles. The summed E-state index contributed by atoms with van der Waals surface area (Å²) in [6, 6.07) is 7.77. The van der Waals surface area contributed by atoms with Crippen LogP contribution in [0.3, 0.4) is 0 Å². The summed E-state index contributed by atoms with van der Waals surface area (Å²) in [5, 5.41) is 7.76. The lowest BCUT2D eigenvalue weighted by Gasteiger charge is -2.09. The second-order valence-corrected chi connectivity index (χ2v) is 5.59. The second kappa shape index (κ2) is 7.73. The molecule has 2 rings (SSSR count). The molecule has 1 aromatic heterocycles. The third kappa shape index (κ3) is 5.51. The van der Waals surface area contributed by atoms with Crippen LogP contribution < -0.4 is 10.7 Å². The van der Waals surface area contributed by atoms with Crippen molar-refractivity contribution in [1.29, 1.82) is 0 Å². The summed E-state index contributed by atoms with van der Waals surface area (Å²) in [7, 11) is 0. The largest absolute Gasteiger partial charge is 0.416 e. The SMILES string of the molecule is O=C(CC(=O)Nc1cccc(C(F)(F)F)c1)N/N=C/c1cccs1. The van der Waals surface area contributed by atoms with Gasteiger partial charge in [-0.15, -0.1) is 11.3 Å².